The fourth-order valence-electron chi connectivity index (χ4n) is 1.38. The molecule has 7 heteroatoms. The average molecular weight is 306 g/mol. The molecule has 1 rings (SSSR count). The van der Waals surface area contributed by atoms with Crippen molar-refractivity contribution < 1.29 is 9.59 Å². The summed E-state index contributed by atoms with van der Waals surface area (Å²) in [6.45, 7) is 0.268. The summed E-state index contributed by atoms with van der Waals surface area (Å²) >= 11 is 5.80. The van der Waals surface area contributed by atoms with Crippen LogP contribution in [0.25, 0.3) is 0 Å². The summed E-state index contributed by atoms with van der Waals surface area (Å²) in [5.41, 5.74) is 5.88. The maximum absolute atomic E-state index is 11.7. The van der Waals surface area contributed by atoms with Gasteiger partial charge in [0.1, 0.15) is 0 Å². The van der Waals surface area contributed by atoms with Gasteiger partial charge in [0, 0.05) is 30.7 Å². The molecule has 0 aliphatic carbocycles. The van der Waals surface area contributed by atoms with Crippen molar-refractivity contribution >= 4 is 41.5 Å². The van der Waals surface area contributed by atoms with Crippen molar-refractivity contribution in [3.8, 4) is 0 Å². The van der Waals surface area contributed by atoms with Crippen LogP contribution in [0.1, 0.15) is 6.42 Å². The van der Waals surface area contributed by atoms with Gasteiger partial charge in [0.25, 0.3) is 0 Å². The van der Waals surface area contributed by atoms with E-state index in [0.717, 1.165) is 0 Å². The molecular formula is C12H17Cl2N3O2. The number of nitrogens with two attached hydrogens (primary N) is 1. The van der Waals surface area contributed by atoms with Crippen molar-refractivity contribution in [2.24, 2.45) is 5.73 Å². The Kier molecular flexibility index (Phi) is 8.14. The zero-order valence-corrected chi connectivity index (χ0v) is 12.1. The van der Waals surface area contributed by atoms with Crippen LogP contribution >= 0.6 is 24.0 Å². The molecule has 0 aliphatic rings. The van der Waals surface area contributed by atoms with E-state index in [2.05, 4.69) is 5.32 Å². The Bertz CT molecular complexity index is 441. The van der Waals surface area contributed by atoms with Gasteiger partial charge in [0.2, 0.25) is 11.8 Å². The van der Waals surface area contributed by atoms with E-state index in [0.29, 0.717) is 10.7 Å². The number of nitrogens with one attached hydrogen (secondary N) is 1. The number of nitrogens with zero attached hydrogens (tertiary/aromatic N) is 1. The number of rotatable bonds is 5. The van der Waals surface area contributed by atoms with E-state index in [1.165, 1.54) is 4.90 Å². The first kappa shape index (κ1) is 17.7. The molecule has 0 fully saturated rings. The molecule has 106 valence electrons. The molecule has 0 aromatic heterocycles. The van der Waals surface area contributed by atoms with Gasteiger partial charge in [-0.15, -0.1) is 12.4 Å². The van der Waals surface area contributed by atoms with E-state index in [4.69, 9.17) is 17.3 Å². The lowest BCUT2D eigenvalue weighted by molar-refractivity contribution is -0.133. The standard InChI is InChI=1S/C12H16ClN3O2.ClH/c1-16(12(18)5-6-14)8-11(17)15-10-4-2-3-9(13)7-10;/h2-4,7H,5-6,8,14H2,1H3,(H,15,17);1H. The van der Waals surface area contributed by atoms with E-state index in [1.54, 1.807) is 31.3 Å². The summed E-state index contributed by atoms with van der Waals surface area (Å²) in [6.07, 6.45) is 0.237. The Morgan fingerprint density at radius 1 is 1.42 bits per heavy atom. The van der Waals surface area contributed by atoms with Crippen LogP contribution in [0.3, 0.4) is 0 Å². The molecule has 0 heterocycles. The van der Waals surface area contributed by atoms with E-state index >= 15 is 0 Å². The Morgan fingerprint density at radius 3 is 2.68 bits per heavy atom. The second kappa shape index (κ2) is 8.74. The number of amides is 2. The minimum atomic E-state index is -0.273. The quantitative estimate of drug-likeness (QED) is 0.866. The van der Waals surface area contributed by atoms with Gasteiger partial charge in [0.15, 0.2) is 0 Å². The molecule has 1 aromatic carbocycles. The highest BCUT2D eigenvalue weighted by Crippen LogP contribution is 2.14. The highest BCUT2D eigenvalue weighted by molar-refractivity contribution is 6.30. The van der Waals surface area contributed by atoms with E-state index < -0.39 is 0 Å². The van der Waals surface area contributed by atoms with Gasteiger partial charge in [-0.2, -0.15) is 0 Å². The summed E-state index contributed by atoms with van der Waals surface area (Å²) in [6, 6.07) is 6.82. The smallest absolute Gasteiger partial charge is 0.243 e. The number of carbonyl (C=O) groups is 2. The highest BCUT2D eigenvalue weighted by Gasteiger charge is 2.12. The summed E-state index contributed by atoms with van der Waals surface area (Å²) in [7, 11) is 1.57. The molecule has 5 nitrogen and oxygen atoms in total. The Labute approximate surface area is 123 Å². The van der Waals surface area contributed by atoms with Crippen LogP contribution in [0, 0.1) is 0 Å². The van der Waals surface area contributed by atoms with Gasteiger partial charge >= 0.3 is 0 Å². The van der Waals surface area contributed by atoms with Crippen LogP contribution in [0.5, 0.6) is 0 Å². The number of anilines is 1. The second-order valence-electron chi connectivity index (χ2n) is 3.85. The van der Waals surface area contributed by atoms with Gasteiger partial charge in [-0.1, -0.05) is 17.7 Å². The maximum Gasteiger partial charge on any atom is 0.243 e. The topological polar surface area (TPSA) is 75.4 Å². The minimum absolute atomic E-state index is 0. The molecule has 1 aromatic rings. The molecule has 0 unspecified atom stereocenters. The van der Waals surface area contributed by atoms with Crippen molar-refractivity contribution in [1.82, 2.24) is 4.90 Å². The lowest BCUT2D eigenvalue weighted by Crippen LogP contribution is -2.35. The lowest BCUT2D eigenvalue weighted by atomic mass is 10.3. The summed E-state index contributed by atoms with van der Waals surface area (Å²) in [5, 5.41) is 3.20. The lowest BCUT2D eigenvalue weighted by Gasteiger charge is -2.16. The Balaban J connectivity index is 0.00000324. The third kappa shape index (κ3) is 6.42. The molecule has 0 saturated carbocycles. The van der Waals surface area contributed by atoms with Crippen LogP contribution in [0.4, 0.5) is 5.69 Å². The van der Waals surface area contributed by atoms with E-state index in [-0.39, 0.29) is 43.7 Å². The predicted octanol–water partition coefficient (Wildman–Crippen LogP) is 1.51. The molecule has 0 atom stereocenters. The minimum Gasteiger partial charge on any atom is -0.336 e. The van der Waals surface area contributed by atoms with Crippen molar-refractivity contribution in [2.45, 2.75) is 6.42 Å². The van der Waals surface area contributed by atoms with Gasteiger partial charge in [0.05, 0.1) is 6.54 Å². The third-order valence-corrected chi connectivity index (χ3v) is 2.51. The van der Waals surface area contributed by atoms with Crippen molar-refractivity contribution in [3.05, 3.63) is 29.3 Å². The van der Waals surface area contributed by atoms with Crippen molar-refractivity contribution in [2.75, 3.05) is 25.5 Å². The highest BCUT2D eigenvalue weighted by atomic mass is 35.5. The average Bonchev–Trinajstić information content (AvgIpc) is 2.28. The number of halogens is 2. The maximum atomic E-state index is 11.7. The Morgan fingerprint density at radius 2 is 2.11 bits per heavy atom. The molecule has 2 amide bonds. The SMILES string of the molecule is CN(CC(=O)Nc1cccc(Cl)c1)C(=O)CCN.Cl. The molecule has 0 radical (unpaired) electrons. The fourth-order valence-corrected chi connectivity index (χ4v) is 1.57. The van der Waals surface area contributed by atoms with Gasteiger partial charge in [-0.05, 0) is 18.2 Å². The zero-order chi connectivity index (χ0) is 13.5. The number of carbonyl (C=O) groups excluding carboxylic acids is 2. The summed E-state index contributed by atoms with van der Waals surface area (Å²) in [4.78, 5) is 24.4. The number of hydrogen-bond acceptors (Lipinski definition) is 3. The summed E-state index contributed by atoms with van der Waals surface area (Å²) in [5.74, 6) is -0.427. The first-order valence-corrected chi connectivity index (χ1v) is 5.90. The van der Waals surface area contributed by atoms with Crippen LogP contribution < -0.4 is 11.1 Å². The molecule has 0 bridgehead atoms. The zero-order valence-electron chi connectivity index (χ0n) is 10.6. The summed E-state index contributed by atoms with van der Waals surface area (Å²) < 4.78 is 0. The van der Waals surface area contributed by atoms with Gasteiger partial charge in [-0.25, -0.2) is 0 Å². The normalized spacial score (nSPS) is 9.42. The molecule has 0 saturated heterocycles. The molecule has 0 spiro atoms. The Hall–Kier alpha value is -1.30. The van der Waals surface area contributed by atoms with Crippen molar-refractivity contribution in [3.63, 3.8) is 0 Å². The van der Waals surface area contributed by atoms with Crippen molar-refractivity contribution in [1.29, 1.82) is 0 Å². The fraction of sp³-hybridized carbons (Fsp3) is 0.333. The van der Waals surface area contributed by atoms with E-state index in [9.17, 15) is 9.59 Å². The second-order valence-corrected chi connectivity index (χ2v) is 4.28. The molecule has 0 aliphatic heterocycles. The monoisotopic (exact) mass is 305 g/mol. The van der Waals surface area contributed by atoms with Crippen LogP contribution in [-0.2, 0) is 9.59 Å². The van der Waals surface area contributed by atoms with E-state index in [1.807, 2.05) is 0 Å². The first-order valence-electron chi connectivity index (χ1n) is 5.52. The third-order valence-electron chi connectivity index (χ3n) is 2.27. The molecule has 3 N–H and O–H groups in total. The van der Waals surface area contributed by atoms with Crippen LogP contribution in [0.2, 0.25) is 5.02 Å². The number of hydrogen-bond donors (Lipinski definition) is 2. The molecule has 19 heavy (non-hydrogen) atoms. The largest absolute Gasteiger partial charge is 0.336 e. The van der Waals surface area contributed by atoms with Crippen LogP contribution in [-0.4, -0.2) is 36.9 Å². The number of likely N-dealkylation sites (N-methyl/N-ethyl adjacent to an activating group) is 1. The predicted molar refractivity (Wildman–Crippen MR) is 78.6 cm³/mol. The van der Waals surface area contributed by atoms with Gasteiger partial charge < -0.3 is 16.0 Å². The van der Waals surface area contributed by atoms with Gasteiger partial charge in [-0.3, -0.25) is 9.59 Å². The first-order chi connectivity index (χ1) is 8.52. The molecular weight excluding hydrogens is 289 g/mol. The van der Waals surface area contributed by atoms with Crippen LogP contribution in [0.15, 0.2) is 24.3 Å². The number of benzene rings is 1.